The van der Waals surface area contributed by atoms with Gasteiger partial charge < -0.3 is 18.6 Å². The summed E-state index contributed by atoms with van der Waals surface area (Å²) in [4.78, 5) is 11.1. The minimum absolute atomic E-state index is 0.109. The van der Waals surface area contributed by atoms with E-state index in [0.717, 1.165) is 18.9 Å². The lowest BCUT2D eigenvalue weighted by Gasteiger charge is -2.24. The van der Waals surface area contributed by atoms with Crippen molar-refractivity contribution in [2.24, 2.45) is 0 Å². The van der Waals surface area contributed by atoms with E-state index in [1.165, 1.54) is 6.08 Å². The average molecular weight is 261 g/mol. The summed E-state index contributed by atoms with van der Waals surface area (Å²) in [5.74, 6) is -0.147. The summed E-state index contributed by atoms with van der Waals surface area (Å²) < 4.78 is 15.9. The average Bonchev–Trinajstić information content (AvgIpc) is 2.35. The molecule has 0 saturated heterocycles. The number of hydrogen-bond acceptors (Lipinski definition) is 4. The lowest BCUT2D eigenvalue weighted by Crippen LogP contribution is -2.43. The molecule has 17 heavy (non-hydrogen) atoms. The van der Waals surface area contributed by atoms with Crippen LogP contribution in [0, 0.1) is 0 Å². The Bertz CT molecular complexity index is 235. The maximum Gasteiger partial charge on any atom is 0.500 e. The molecule has 0 bridgehead atoms. The quantitative estimate of drug-likeness (QED) is 0.502. The predicted molar refractivity (Wildman–Crippen MR) is 68.6 cm³/mol. The van der Waals surface area contributed by atoms with E-state index in [9.17, 15) is 4.79 Å². The van der Waals surface area contributed by atoms with E-state index in [2.05, 4.69) is 11.9 Å². The van der Waals surface area contributed by atoms with Gasteiger partial charge in [0.25, 0.3) is 0 Å². The Morgan fingerprint density at radius 1 is 1.35 bits per heavy atom. The minimum Gasteiger partial charge on any atom is -0.377 e. The molecule has 0 heterocycles. The number of nitrogens with one attached hydrogen (secondary N) is 1. The number of rotatable bonds is 9. The van der Waals surface area contributed by atoms with E-state index in [4.69, 9.17) is 13.3 Å². The van der Waals surface area contributed by atoms with Crippen molar-refractivity contribution >= 4 is 14.7 Å². The van der Waals surface area contributed by atoms with Crippen molar-refractivity contribution in [3.8, 4) is 0 Å². The van der Waals surface area contributed by atoms with Crippen LogP contribution in [0.1, 0.15) is 19.8 Å². The Morgan fingerprint density at radius 3 is 2.29 bits per heavy atom. The number of carbonyl (C=O) groups excluding carboxylic acids is 1. The summed E-state index contributed by atoms with van der Waals surface area (Å²) in [6.07, 6.45) is 3.00. The van der Waals surface area contributed by atoms with Crippen molar-refractivity contribution < 1.29 is 18.1 Å². The Labute approximate surface area is 105 Å². The van der Waals surface area contributed by atoms with Crippen molar-refractivity contribution in [2.45, 2.75) is 31.9 Å². The van der Waals surface area contributed by atoms with Crippen molar-refractivity contribution in [1.82, 2.24) is 5.32 Å². The highest BCUT2D eigenvalue weighted by atomic mass is 28.4. The zero-order valence-corrected chi connectivity index (χ0v) is 12.1. The molecule has 0 aliphatic carbocycles. The van der Waals surface area contributed by atoms with Crippen LogP contribution in [0.4, 0.5) is 0 Å². The maximum absolute atomic E-state index is 11.1. The second-order valence-electron chi connectivity index (χ2n) is 3.80. The monoisotopic (exact) mass is 261 g/mol. The molecule has 0 aliphatic rings. The first kappa shape index (κ1) is 16.3. The SMILES string of the molecule is C=CC(=O)NC(C)CCC[Si](OC)(OC)OC. The van der Waals surface area contributed by atoms with Crippen LogP contribution in [0.2, 0.25) is 6.04 Å². The summed E-state index contributed by atoms with van der Waals surface area (Å²) in [7, 11) is 2.33. The van der Waals surface area contributed by atoms with Gasteiger partial charge in [0, 0.05) is 33.4 Å². The molecule has 5 nitrogen and oxygen atoms in total. The van der Waals surface area contributed by atoms with Crippen LogP contribution in [-0.4, -0.2) is 42.1 Å². The summed E-state index contributed by atoms with van der Waals surface area (Å²) in [6.45, 7) is 5.36. The molecule has 6 heteroatoms. The zero-order valence-electron chi connectivity index (χ0n) is 11.1. The van der Waals surface area contributed by atoms with Gasteiger partial charge in [0.1, 0.15) is 0 Å². The van der Waals surface area contributed by atoms with E-state index in [1.807, 2.05) is 6.92 Å². The van der Waals surface area contributed by atoms with Gasteiger partial charge in [0.05, 0.1) is 0 Å². The largest absolute Gasteiger partial charge is 0.500 e. The van der Waals surface area contributed by atoms with Gasteiger partial charge in [-0.2, -0.15) is 0 Å². The minimum atomic E-state index is -2.47. The first-order chi connectivity index (χ1) is 8.03. The molecular weight excluding hydrogens is 238 g/mol. The molecule has 1 N–H and O–H groups in total. The fourth-order valence-corrected chi connectivity index (χ4v) is 3.30. The first-order valence-corrected chi connectivity index (χ1v) is 7.55. The van der Waals surface area contributed by atoms with Gasteiger partial charge in [-0.1, -0.05) is 6.58 Å². The van der Waals surface area contributed by atoms with Crippen LogP contribution in [0.15, 0.2) is 12.7 Å². The molecule has 0 aromatic rings. The Morgan fingerprint density at radius 2 is 1.88 bits per heavy atom. The van der Waals surface area contributed by atoms with Crippen LogP contribution in [0.3, 0.4) is 0 Å². The van der Waals surface area contributed by atoms with Crippen molar-refractivity contribution in [1.29, 1.82) is 0 Å². The highest BCUT2D eigenvalue weighted by Gasteiger charge is 2.36. The van der Waals surface area contributed by atoms with Gasteiger partial charge in [-0.3, -0.25) is 4.79 Å². The molecule has 0 saturated carbocycles. The second kappa shape index (κ2) is 8.41. The standard InChI is InChI=1S/C11H23NO4Si/c1-6-11(13)12-10(2)8-7-9-17(14-3,15-4)16-5/h6,10H,1,7-9H2,2-5H3,(H,12,13). The molecule has 1 unspecified atom stereocenters. The molecule has 0 aliphatic heterocycles. The summed E-state index contributed by atoms with van der Waals surface area (Å²) in [5.41, 5.74) is 0. The highest BCUT2D eigenvalue weighted by Crippen LogP contribution is 2.17. The molecule has 0 fully saturated rings. The predicted octanol–water partition coefficient (Wildman–Crippen LogP) is 1.34. The summed E-state index contributed by atoms with van der Waals surface area (Å²) in [5, 5.41) is 2.81. The number of carbonyl (C=O) groups is 1. The Hall–Kier alpha value is -0.693. The topological polar surface area (TPSA) is 56.8 Å². The smallest absolute Gasteiger partial charge is 0.377 e. The Kier molecular flexibility index (Phi) is 8.06. The van der Waals surface area contributed by atoms with Gasteiger partial charge >= 0.3 is 8.80 Å². The molecule has 1 atom stereocenters. The van der Waals surface area contributed by atoms with Crippen LogP contribution in [0.25, 0.3) is 0 Å². The fraction of sp³-hybridized carbons (Fsp3) is 0.727. The van der Waals surface area contributed by atoms with E-state index in [-0.39, 0.29) is 11.9 Å². The second-order valence-corrected chi connectivity index (χ2v) is 6.89. The van der Waals surface area contributed by atoms with Crippen LogP contribution < -0.4 is 5.32 Å². The molecular formula is C11H23NO4Si. The zero-order chi connectivity index (χ0) is 13.3. The molecule has 0 spiro atoms. The molecule has 100 valence electrons. The molecule has 0 rings (SSSR count). The Balaban J connectivity index is 3.96. The van der Waals surface area contributed by atoms with Gasteiger partial charge in [-0.15, -0.1) is 0 Å². The summed E-state index contributed by atoms with van der Waals surface area (Å²) >= 11 is 0. The van der Waals surface area contributed by atoms with Crippen molar-refractivity contribution in [3.63, 3.8) is 0 Å². The first-order valence-electron chi connectivity index (χ1n) is 5.62. The van der Waals surface area contributed by atoms with E-state index in [1.54, 1.807) is 21.3 Å². The molecule has 0 radical (unpaired) electrons. The molecule has 1 amide bonds. The van der Waals surface area contributed by atoms with E-state index >= 15 is 0 Å². The lowest BCUT2D eigenvalue weighted by atomic mass is 10.2. The third-order valence-corrected chi connectivity index (χ3v) is 5.46. The van der Waals surface area contributed by atoms with E-state index < -0.39 is 8.80 Å². The maximum atomic E-state index is 11.1. The van der Waals surface area contributed by atoms with Crippen molar-refractivity contribution in [2.75, 3.05) is 21.3 Å². The van der Waals surface area contributed by atoms with E-state index in [0.29, 0.717) is 0 Å². The third-order valence-electron chi connectivity index (χ3n) is 2.63. The van der Waals surface area contributed by atoms with Crippen LogP contribution in [-0.2, 0) is 18.1 Å². The lowest BCUT2D eigenvalue weighted by molar-refractivity contribution is -0.117. The van der Waals surface area contributed by atoms with Gasteiger partial charge in [-0.05, 0) is 25.8 Å². The highest BCUT2D eigenvalue weighted by molar-refractivity contribution is 6.60. The van der Waals surface area contributed by atoms with Crippen LogP contribution in [0.5, 0.6) is 0 Å². The number of amides is 1. The fourth-order valence-electron chi connectivity index (χ4n) is 1.55. The van der Waals surface area contributed by atoms with Crippen LogP contribution >= 0.6 is 0 Å². The van der Waals surface area contributed by atoms with Crippen molar-refractivity contribution in [3.05, 3.63) is 12.7 Å². The van der Waals surface area contributed by atoms with Gasteiger partial charge in [0.2, 0.25) is 5.91 Å². The number of hydrogen-bond donors (Lipinski definition) is 1. The molecule has 0 aromatic heterocycles. The van der Waals surface area contributed by atoms with Gasteiger partial charge in [-0.25, -0.2) is 0 Å². The molecule has 0 aromatic carbocycles. The van der Waals surface area contributed by atoms with Gasteiger partial charge in [0.15, 0.2) is 0 Å². The summed E-state index contributed by atoms with van der Waals surface area (Å²) in [6, 6.07) is 0.850. The third kappa shape index (κ3) is 5.97. The normalized spacial score (nSPS) is 13.2.